The summed E-state index contributed by atoms with van der Waals surface area (Å²) in [4.78, 5) is 12.0. The second kappa shape index (κ2) is 6.42. The first-order valence-electron chi connectivity index (χ1n) is 6.17. The lowest BCUT2D eigenvalue weighted by Crippen LogP contribution is -2.12. The molecule has 106 valence electrons. The Morgan fingerprint density at radius 1 is 1.35 bits per heavy atom. The molecule has 0 radical (unpaired) electrons. The molecule has 1 aromatic carbocycles. The Morgan fingerprint density at radius 2 is 2.05 bits per heavy atom. The van der Waals surface area contributed by atoms with Gasteiger partial charge >= 0.3 is 0 Å². The van der Waals surface area contributed by atoms with Crippen molar-refractivity contribution >= 4 is 17.5 Å². The molecular weight excluding hydrogens is 276 g/mol. The van der Waals surface area contributed by atoms with Gasteiger partial charge in [0.1, 0.15) is 11.6 Å². The number of benzene rings is 1. The van der Waals surface area contributed by atoms with Crippen LogP contribution in [0, 0.1) is 6.92 Å². The summed E-state index contributed by atoms with van der Waals surface area (Å²) in [5.74, 6) is 7.37. The summed E-state index contributed by atoms with van der Waals surface area (Å²) in [6.45, 7) is 4.28. The van der Waals surface area contributed by atoms with Gasteiger partial charge in [0.25, 0.3) is 0 Å². The molecule has 7 heteroatoms. The molecule has 1 heterocycles. The van der Waals surface area contributed by atoms with Crippen molar-refractivity contribution in [2.45, 2.75) is 19.0 Å². The van der Waals surface area contributed by atoms with E-state index in [-0.39, 0.29) is 11.5 Å². The fourth-order valence-corrected chi connectivity index (χ4v) is 2.36. The first kappa shape index (κ1) is 14.4. The van der Waals surface area contributed by atoms with Crippen molar-refractivity contribution in [1.82, 2.24) is 14.9 Å². The van der Waals surface area contributed by atoms with Crippen molar-refractivity contribution in [3.8, 4) is 5.75 Å². The van der Waals surface area contributed by atoms with Gasteiger partial charge in [-0.1, -0.05) is 11.8 Å². The highest BCUT2D eigenvalue weighted by atomic mass is 32.2. The number of ether oxygens (including phenoxy) is 1. The molecule has 20 heavy (non-hydrogen) atoms. The van der Waals surface area contributed by atoms with Crippen LogP contribution in [-0.2, 0) is 0 Å². The average molecular weight is 292 g/mol. The molecule has 2 N–H and O–H groups in total. The maximum absolute atomic E-state index is 12.0. The Morgan fingerprint density at radius 3 is 2.60 bits per heavy atom. The number of thioether (sulfide) groups is 1. The Labute approximate surface area is 121 Å². The number of aryl methyl sites for hydroxylation is 1. The van der Waals surface area contributed by atoms with Crippen LogP contribution in [0.1, 0.15) is 23.1 Å². The molecule has 1 aromatic heterocycles. The molecule has 0 fully saturated rings. The van der Waals surface area contributed by atoms with Gasteiger partial charge in [-0.2, -0.15) is 0 Å². The molecule has 0 aliphatic carbocycles. The lowest BCUT2D eigenvalue weighted by Gasteiger charge is -2.04. The third-order valence-corrected chi connectivity index (χ3v) is 3.60. The number of nitrogens with zero attached hydrogens (tertiary/aromatic N) is 3. The minimum atomic E-state index is 0.0127. The molecule has 0 amide bonds. The van der Waals surface area contributed by atoms with Crippen LogP contribution < -0.4 is 10.6 Å². The van der Waals surface area contributed by atoms with Crippen LogP contribution in [-0.4, -0.2) is 33.0 Å². The summed E-state index contributed by atoms with van der Waals surface area (Å²) in [6, 6.07) is 7.09. The zero-order valence-electron chi connectivity index (χ0n) is 11.4. The number of nitrogen functional groups attached to an aromatic ring is 1. The molecule has 0 bridgehead atoms. The fraction of sp³-hybridized carbons (Fsp3) is 0.308. The van der Waals surface area contributed by atoms with Gasteiger partial charge in [0.05, 0.1) is 12.4 Å². The van der Waals surface area contributed by atoms with Gasteiger partial charge < -0.3 is 10.6 Å². The van der Waals surface area contributed by atoms with E-state index in [1.807, 2.05) is 6.92 Å². The number of Topliss-reactive ketones (excluding diaryl/α,β-unsaturated/α-hetero) is 1. The Kier molecular flexibility index (Phi) is 4.62. The maximum Gasteiger partial charge on any atom is 0.210 e. The average Bonchev–Trinajstić information content (AvgIpc) is 2.77. The molecule has 0 atom stereocenters. The summed E-state index contributed by atoms with van der Waals surface area (Å²) in [5, 5.41) is 8.27. The van der Waals surface area contributed by atoms with Crippen LogP contribution in [0.25, 0.3) is 0 Å². The van der Waals surface area contributed by atoms with Crippen molar-refractivity contribution in [3.05, 3.63) is 35.7 Å². The number of hydrogen-bond acceptors (Lipinski definition) is 6. The number of hydrogen-bond donors (Lipinski definition) is 1. The highest BCUT2D eigenvalue weighted by Gasteiger charge is 2.11. The molecule has 0 saturated carbocycles. The third kappa shape index (κ3) is 3.30. The normalized spacial score (nSPS) is 10.5. The number of carbonyl (C=O) groups excluding carboxylic acids is 1. The molecule has 6 nitrogen and oxygen atoms in total. The van der Waals surface area contributed by atoms with Gasteiger partial charge in [0, 0.05) is 5.56 Å². The van der Waals surface area contributed by atoms with Crippen molar-refractivity contribution in [1.29, 1.82) is 0 Å². The topological polar surface area (TPSA) is 83.0 Å². The van der Waals surface area contributed by atoms with Gasteiger partial charge in [-0.25, -0.2) is 4.68 Å². The van der Waals surface area contributed by atoms with E-state index >= 15 is 0 Å². The van der Waals surface area contributed by atoms with Crippen LogP contribution in [0.15, 0.2) is 29.4 Å². The Balaban J connectivity index is 1.96. The van der Waals surface area contributed by atoms with E-state index in [1.165, 1.54) is 16.4 Å². The van der Waals surface area contributed by atoms with E-state index in [2.05, 4.69) is 10.2 Å². The minimum Gasteiger partial charge on any atom is -0.494 e. The lowest BCUT2D eigenvalue weighted by atomic mass is 10.1. The summed E-state index contributed by atoms with van der Waals surface area (Å²) in [7, 11) is 0. The third-order valence-electron chi connectivity index (χ3n) is 2.65. The number of ketones is 1. The van der Waals surface area contributed by atoms with Crippen molar-refractivity contribution < 1.29 is 9.53 Å². The molecule has 0 aliphatic heterocycles. The predicted octanol–water partition coefficient (Wildman–Crippen LogP) is 1.67. The van der Waals surface area contributed by atoms with E-state index in [4.69, 9.17) is 10.6 Å². The SMILES string of the molecule is CCOc1ccc(C(=O)CSc2nnc(C)n2N)cc1. The van der Waals surface area contributed by atoms with Crippen LogP contribution in [0.5, 0.6) is 5.75 Å². The zero-order valence-corrected chi connectivity index (χ0v) is 12.2. The number of rotatable bonds is 6. The van der Waals surface area contributed by atoms with Crippen LogP contribution in [0.2, 0.25) is 0 Å². The number of carbonyl (C=O) groups is 1. The monoisotopic (exact) mass is 292 g/mol. The fourth-order valence-electron chi connectivity index (χ4n) is 1.57. The smallest absolute Gasteiger partial charge is 0.210 e. The van der Waals surface area contributed by atoms with Gasteiger partial charge in [0.2, 0.25) is 5.16 Å². The van der Waals surface area contributed by atoms with E-state index in [1.54, 1.807) is 31.2 Å². The minimum absolute atomic E-state index is 0.0127. The summed E-state index contributed by atoms with van der Waals surface area (Å²) in [6.07, 6.45) is 0. The molecule has 2 aromatic rings. The Hall–Kier alpha value is -2.02. The Bertz CT molecular complexity index is 595. The summed E-state index contributed by atoms with van der Waals surface area (Å²) < 4.78 is 6.70. The van der Waals surface area contributed by atoms with Crippen LogP contribution in [0.3, 0.4) is 0 Å². The summed E-state index contributed by atoms with van der Waals surface area (Å²) in [5.41, 5.74) is 0.640. The predicted molar refractivity (Wildman–Crippen MR) is 77.6 cm³/mol. The molecule has 0 aliphatic rings. The maximum atomic E-state index is 12.0. The van der Waals surface area contributed by atoms with Crippen molar-refractivity contribution in [3.63, 3.8) is 0 Å². The van der Waals surface area contributed by atoms with E-state index < -0.39 is 0 Å². The van der Waals surface area contributed by atoms with Gasteiger partial charge in [-0.15, -0.1) is 10.2 Å². The number of nitrogens with two attached hydrogens (primary N) is 1. The molecule has 2 rings (SSSR count). The van der Waals surface area contributed by atoms with Gasteiger partial charge in [-0.3, -0.25) is 4.79 Å². The second-order valence-corrected chi connectivity index (χ2v) is 5.01. The van der Waals surface area contributed by atoms with Gasteiger partial charge in [-0.05, 0) is 38.1 Å². The van der Waals surface area contributed by atoms with Crippen molar-refractivity contribution in [2.24, 2.45) is 0 Å². The molecular formula is C13H16N4O2S. The summed E-state index contributed by atoms with van der Waals surface area (Å²) >= 11 is 1.27. The lowest BCUT2D eigenvalue weighted by molar-refractivity contribution is 0.102. The van der Waals surface area contributed by atoms with E-state index in [9.17, 15) is 4.79 Å². The second-order valence-electron chi connectivity index (χ2n) is 4.07. The molecule has 0 saturated heterocycles. The molecule has 0 spiro atoms. The number of aromatic nitrogens is 3. The van der Waals surface area contributed by atoms with E-state index in [0.29, 0.717) is 23.2 Å². The zero-order chi connectivity index (χ0) is 14.5. The first-order chi connectivity index (χ1) is 9.61. The largest absolute Gasteiger partial charge is 0.494 e. The van der Waals surface area contributed by atoms with Crippen LogP contribution >= 0.6 is 11.8 Å². The van der Waals surface area contributed by atoms with Crippen LogP contribution in [0.4, 0.5) is 0 Å². The van der Waals surface area contributed by atoms with Crippen molar-refractivity contribution in [2.75, 3.05) is 18.2 Å². The van der Waals surface area contributed by atoms with E-state index in [0.717, 1.165) is 5.75 Å². The molecule has 0 unspecified atom stereocenters. The quantitative estimate of drug-likeness (QED) is 0.495. The standard InChI is InChI=1S/C13H16N4O2S/c1-3-19-11-6-4-10(5-7-11)12(18)8-20-13-16-15-9(2)17(13)14/h4-7H,3,8,14H2,1-2H3. The highest BCUT2D eigenvalue weighted by Crippen LogP contribution is 2.18. The highest BCUT2D eigenvalue weighted by molar-refractivity contribution is 7.99. The first-order valence-corrected chi connectivity index (χ1v) is 7.16. The van der Waals surface area contributed by atoms with Gasteiger partial charge in [0.15, 0.2) is 5.78 Å².